The van der Waals surface area contributed by atoms with E-state index in [1.54, 1.807) is 14.5 Å². The van der Waals surface area contributed by atoms with Crippen molar-refractivity contribution in [2.45, 2.75) is 578 Å². The van der Waals surface area contributed by atoms with Gasteiger partial charge in [0.2, 0.25) is 11.4 Å². The third kappa shape index (κ3) is 64.0. The minimum Gasteiger partial charge on any atom is -0.493 e. The van der Waals surface area contributed by atoms with Crippen LogP contribution in [0.4, 0.5) is 0 Å². The van der Waals surface area contributed by atoms with E-state index in [2.05, 4.69) is 90.9 Å². The number of unbranched alkanes of at least 4 members (excludes halogenated alkanes) is 70. The number of allylic oxidation sites excluding steroid dienone is 2. The van der Waals surface area contributed by atoms with E-state index in [4.69, 9.17) is 0 Å². The molecule has 1 heterocycles. The van der Waals surface area contributed by atoms with Crippen LogP contribution in [0, 0.1) is 0 Å². The molecule has 2 aromatic carbocycles. The standard InChI is InChI=1S/C46H72N2.2C30H61.Pd/c1-6-11-15-19-21-25-29-40-32-41(30-26-22-20-16-12-7-2)36-44(35-40)46-42(10-5)37-45(48(46)47)43-33-38(27-23-17-13-8-3)31-39(34-43)28-24-18-14-9-4;2*1-3-5-7-9-11-13-15-17-19-21-23-25-27-29-30-28-26-24-22-20-18-16-14-12-10-8-6-4-2;/h31-37H,6-30H2,1-5H3;2*1,3-30H2,2H3;. The van der Waals surface area contributed by atoms with Crippen LogP contribution in [0.2, 0.25) is 9.79 Å². The van der Waals surface area contributed by atoms with Crippen molar-refractivity contribution in [2.75, 3.05) is 0 Å². The molecule has 638 valence electrons. The fourth-order valence-electron chi connectivity index (χ4n) is 17.2. The van der Waals surface area contributed by atoms with E-state index in [0.29, 0.717) is 0 Å². The number of rotatable bonds is 85. The van der Waals surface area contributed by atoms with Crippen molar-refractivity contribution in [1.82, 2.24) is 0 Å². The Balaban J connectivity index is 0.000000759. The van der Waals surface area contributed by atoms with Crippen LogP contribution in [0.5, 0.6) is 0 Å². The number of hydrogen-bond acceptors (Lipinski definition) is 0. The Kier molecular flexibility index (Phi) is 78.3. The predicted octanol–water partition coefficient (Wildman–Crippen LogP) is 38.7. The number of benzene rings is 2. The summed E-state index contributed by atoms with van der Waals surface area (Å²) in [5.41, 5.74) is 23.3. The predicted molar refractivity (Wildman–Crippen MR) is 491 cm³/mol. The minimum absolute atomic E-state index is 0.908. The summed E-state index contributed by atoms with van der Waals surface area (Å²) in [5.74, 6) is 0. The molecule has 2 aromatic rings. The first-order chi connectivity index (χ1) is 54.0. The maximum atomic E-state index is 12.0. The third-order valence-corrected chi connectivity index (χ3v) is 26.7. The minimum atomic E-state index is 0.908. The quantitative estimate of drug-likeness (QED) is 0.0358. The molecule has 0 radical (unpaired) electrons. The molecule has 0 saturated heterocycles. The molecule has 0 unspecified atom stereocenters. The van der Waals surface area contributed by atoms with Gasteiger partial charge in [0.05, 0.1) is 0 Å². The van der Waals surface area contributed by atoms with Gasteiger partial charge in [-0.05, 0) is 104 Å². The van der Waals surface area contributed by atoms with Crippen LogP contribution in [0.3, 0.4) is 0 Å². The van der Waals surface area contributed by atoms with Crippen LogP contribution in [-0.4, -0.2) is 4.70 Å². The Bertz CT molecular complexity index is 2160. The molecule has 2 nitrogen and oxygen atoms in total. The molecule has 0 N–H and O–H groups in total. The summed E-state index contributed by atoms with van der Waals surface area (Å²) in [6, 6.07) is 14.5. The maximum absolute atomic E-state index is 12.0. The van der Waals surface area contributed by atoms with Gasteiger partial charge in [0.25, 0.3) is 0 Å². The Morgan fingerprint density at radius 2 is 0.385 bits per heavy atom. The normalized spacial score (nSPS) is 12.4. The van der Waals surface area contributed by atoms with Crippen molar-refractivity contribution in [3.63, 3.8) is 0 Å². The van der Waals surface area contributed by atoms with E-state index in [0.717, 1.165) is 61.5 Å². The summed E-state index contributed by atoms with van der Waals surface area (Å²) in [6.07, 6.45) is 117. The van der Waals surface area contributed by atoms with Crippen molar-refractivity contribution in [3.05, 3.63) is 87.0 Å². The van der Waals surface area contributed by atoms with Crippen LogP contribution < -0.4 is 0 Å². The summed E-state index contributed by atoms with van der Waals surface area (Å²) in [7, 11) is 0. The van der Waals surface area contributed by atoms with Crippen molar-refractivity contribution < 1.29 is 22.7 Å². The first-order valence-electron chi connectivity index (χ1n) is 50.6. The van der Waals surface area contributed by atoms with E-state index in [9.17, 15) is 5.53 Å². The average Bonchev–Trinajstić information content (AvgIpc) is 1.66. The molecule has 0 atom stereocenters. The summed E-state index contributed by atoms with van der Waals surface area (Å²) >= 11 is 1.05. The van der Waals surface area contributed by atoms with E-state index in [-0.39, 0.29) is 0 Å². The number of aryl methyl sites for hydroxylation is 4. The molecule has 3 rings (SSSR count). The van der Waals surface area contributed by atoms with Gasteiger partial charge >= 0.3 is 169 Å². The zero-order valence-corrected chi connectivity index (χ0v) is 77.0. The first-order valence-corrected chi connectivity index (χ1v) is 52.8. The monoisotopic (exact) mass is 1600 g/mol. The van der Waals surface area contributed by atoms with Crippen LogP contribution in [0.15, 0.2) is 48.0 Å². The number of nitrogens with zero attached hydrogens (tertiary/aromatic N) is 2. The molecule has 1 aliphatic rings. The van der Waals surface area contributed by atoms with Crippen LogP contribution in [0.1, 0.15) is 576 Å². The van der Waals surface area contributed by atoms with E-state index in [1.807, 2.05) is 0 Å². The summed E-state index contributed by atoms with van der Waals surface area (Å²) in [6.45, 7) is 16.0. The second-order valence-corrected chi connectivity index (χ2v) is 37.7. The Hall–Kier alpha value is -1.82. The van der Waals surface area contributed by atoms with Crippen molar-refractivity contribution in [3.8, 4) is 0 Å². The van der Waals surface area contributed by atoms with Crippen molar-refractivity contribution >= 4 is 11.4 Å². The first kappa shape index (κ1) is 103. The topological polar surface area (TPSA) is 25.3 Å². The molecule has 1 aliphatic heterocycles. The fraction of sp³-hybridized carbons (Fsp3) is 0.849. The SMILES string of the molecule is CCCCCCCCCCCCCCCCCCCCCCCCCCCCC[CH2][Pd][CH2]CCCCCCCCCCCCCCCCCCCCCCCCCCCCC.CCCCCCCCc1cc(CCCCCCCC)cc(C2=C(CC)C=C(c3cc(CCCCCC)cc(CCCCCC)c3)[N+]2=[N-])c1. The zero-order valence-electron chi connectivity index (χ0n) is 75.4. The van der Waals surface area contributed by atoms with Gasteiger partial charge in [0.1, 0.15) is 0 Å². The number of hydrogen-bond donors (Lipinski definition) is 0. The summed E-state index contributed by atoms with van der Waals surface area (Å²) < 4.78 is 1.55. The van der Waals surface area contributed by atoms with E-state index < -0.39 is 0 Å². The van der Waals surface area contributed by atoms with Gasteiger partial charge < -0.3 is 5.53 Å². The third-order valence-electron chi connectivity index (χ3n) is 24.5. The van der Waals surface area contributed by atoms with E-state index in [1.165, 1.54) is 527 Å². The average molecular weight is 1600 g/mol. The molecule has 0 aromatic heterocycles. The Morgan fingerprint density at radius 3 is 0.587 bits per heavy atom. The van der Waals surface area contributed by atoms with Crippen LogP contribution >= 0.6 is 0 Å². The van der Waals surface area contributed by atoms with Crippen molar-refractivity contribution in [1.29, 1.82) is 0 Å². The van der Waals surface area contributed by atoms with Gasteiger partial charge in [-0.1, -0.05) is 382 Å². The molecule has 0 bridgehead atoms. The van der Waals surface area contributed by atoms with Gasteiger partial charge in [-0.15, -0.1) is 0 Å². The van der Waals surface area contributed by atoms with Gasteiger partial charge in [0, 0.05) is 22.8 Å². The molecule has 109 heavy (non-hydrogen) atoms. The second kappa shape index (κ2) is 82.7. The van der Waals surface area contributed by atoms with Crippen molar-refractivity contribution in [2.24, 2.45) is 0 Å². The molecule has 3 heteroatoms. The molecule has 0 fully saturated rings. The van der Waals surface area contributed by atoms with Gasteiger partial charge in [0.15, 0.2) is 0 Å². The summed E-state index contributed by atoms with van der Waals surface area (Å²) in [5, 5.41) is 0. The summed E-state index contributed by atoms with van der Waals surface area (Å²) in [4.78, 5) is 3.10. The fourth-order valence-corrected chi connectivity index (χ4v) is 19.1. The van der Waals surface area contributed by atoms with Gasteiger partial charge in [-0.2, -0.15) is 0 Å². The molecule has 0 amide bonds. The van der Waals surface area contributed by atoms with Gasteiger partial charge in [-0.3, -0.25) is 0 Å². The van der Waals surface area contributed by atoms with E-state index >= 15 is 0 Å². The Labute approximate surface area is 694 Å². The molecule has 0 saturated carbocycles. The smallest absolute Gasteiger partial charge is 0.493 e. The van der Waals surface area contributed by atoms with Crippen LogP contribution in [-0.2, 0) is 43.7 Å². The van der Waals surface area contributed by atoms with Crippen LogP contribution in [0.25, 0.3) is 16.9 Å². The zero-order chi connectivity index (χ0) is 78.1. The second-order valence-electron chi connectivity index (χ2n) is 35.4. The Morgan fingerprint density at radius 1 is 0.211 bits per heavy atom. The molecule has 0 aliphatic carbocycles. The molecular weight excluding hydrogens is 1410 g/mol. The van der Waals surface area contributed by atoms with Gasteiger partial charge in [-0.25, -0.2) is 4.70 Å². The molecular formula is C106H194N2Pd. The molecule has 0 spiro atoms.